The maximum Gasteiger partial charge on any atom is 0.172 e. The summed E-state index contributed by atoms with van der Waals surface area (Å²) in [7, 11) is 0. The third-order valence-corrected chi connectivity index (χ3v) is 4.13. The number of aromatic nitrogens is 2. The molecule has 1 aromatic heterocycles. The van der Waals surface area contributed by atoms with Crippen molar-refractivity contribution in [2.24, 2.45) is 0 Å². The molecule has 0 aliphatic carbocycles. The second-order valence-electron chi connectivity index (χ2n) is 2.56. The molecule has 0 amide bonds. The van der Waals surface area contributed by atoms with Crippen LogP contribution in [0.25, 0.3) is 0 Å². The third-order valence-electron chi connectivity index (χ3n) is 1.56. The highest BCUT2D eigenvalue weighted by molar-refractivity contribution is 9.13. The highest BCUT2D eigenvalue weighted by Gasteiger charge is 2.05. The molecule has 0 saturated heterocycles. The summed E-state index contributed by atoms with van der Waals surface area (Å²) in [6.45, 7) is 0. The van der Waals surface area contributed by atoms with Crippen molar-refractivity contribution in [2.75, 3.05) is 0 Å². The Kier molecular flexibility index (Phi) is 3.30. The number of halogens is 2. The van der Waals surface area contributed by atoms with E-state index in [-0.39, 0.29) is 0 Å². The Morgan fingerprint density at radius 2 is 1.86 bits per heavy atom. The minimum absolute atomic E-state index is 0.802. The Morgan fingerprint density at radius 1 is 1.14 bits per heavy atom. The van der Waals surface area contributed by atoms with Crippen LogP contribution in [-0.2, 0) is 0 Å². The van der Waals surface area contributed by atoms with Crippen molar-refractivity contribution in [3.63, 3.8) is 0 Å². The summed E-state index contributed by atoms with van der Waals surface area (Å²) >= 11 is 8.27. The molecule has 1 N–H and O–H groups in total. The van der Waals surface area contributed by atoms with Gasteiger partial charge in [0.1, 0.15) is 9.21 Å². The van der Waals surface area contributed by atoms with Crippen LogP contribution in [0.1, 0.15) is 0 Å². The van der Waals surface area contributed by atoms with Crippen molar-refractivity contribution in [2.45, 2.75) is 10.1 Å². The van der Waals surface area contributed by atoms with E-state index in [1.807, 2.05) is 18.2 Å². The lowest BCUT2D eigenvalue weighted by Crippen LogP contribution is -1.74. The molecule has 0 fully saturated rings. The van der Waals surface area contributed by atoms with E-state index < -0.39 is 0 Å². The van der Waals surface area contributed by atoms with E-state index in [1.165, 1.54) is 4.90 Å². The summed E-state index contributed by atoms with van der Waals surface area (Å²) < 4.78 is 1.67. The largest absolute Gasteiger partial charge is 0.326 e. The number of imidazole rings is 1. The van der Waals surface area contributed by atoms with Crippen molar-refractivity contribution in [3.8, 4) is 0 Å². The molecule has 2 rings (SSSR count). The molecule has 1 heterocycles. The Balaban J connectivity index is 2.19. The third kappa shape index (κ3) is 2.40. The molecule has 0 saturated carbocycles. The fourth-order valence-corrected chi connectivity index (χ4v) is 2.57. The van der Waals surface area contributed by atoms with Crippen LogP contribution in [0.4, 0.5) is 0 Å². The quantitative estimate of drug-likeness (QED) is 0.896. The summed E-state index contributed by atoms with van der Waals surface area (Å²) in [6.07, 6.45) is 0. The standard InChI is InChI=1S/C9H6Br2N2S/c10-7-8(11)13-9(12-7)14-6-4-2-1-3-5-6/h1-5H,(H,12,13). The van der Waals surface area contributed by atoms with Crippen molar-refractivity contribution < 1.29 is 0 Å². The summed E-state index contributed by atoms with van der Waals surface area (Å²) in [5.41, 5.74) is 0. The Bertz CT molecular complexity index is 408. The monoisotopic (exact) mass is 332 g/mol. The number of aromatic amines is 1. The molecule has 0 unspecified atom stereocenters. The van der Waals surface area contributed by atoms with Gasteiger partial charge in [0, 0.05) is 4.90 Å². The van der Waals surface area contributed by atoms with Gasteiger partial charge in [-0.3, -0.25) is 0 Å². The Morgan fingerprint density at radius 3 is 2.43 bits per heavy atom. The normalized spacial score (nSPS) is 10.4. The Hall–Kier alpha value is -0.260. The summed E-state index contributed by atoms with van der Waals surface area (Å²) in [5, 5.41) is 0.870. The van der Waals surface area contributed by atoms with E-state index in [1.54, 1.807) is 11.8 Å². The first-order chi connectivity index (χ1) is 6.75. The second kappa shape index (κ2) is 4.51. The first-order valence-electron chi connectivity index (χ1n) is 3.89. The van der Waals surface area contributed by atoms with Crippen molar-refractivity contribution in [1.82, 2.24) is 9.97 Å². The zero-order valence-corrected chi connectivity index (χ0v) is 11.0. The highest BCUT2D eigenvalue weighted by atomic mass is 79.9. The number of hydrogen-bond donors (Lipinski definition) is 1. The van der Waals surface area contributed by atoms with Gasteiger partial charge in [0.2, 0.25) is 0 Å². The Labute approximate surface area is 103 Å². The lowest BCUT2D eigenvalue weighted by Gasteiger charge is -1.95. The van der Waals surface area contributed by atoms with Crippen LogP contribution in [-0.4, -0.2) is 9.97 Å². The molecule has 0 aliphatic heterocycles. The minimum Gasteiger partial charge on any atom is -0.326 e. The molecule has 0 atom stereocenters. The summed E-state index contributed by atoms with van der Waals surface area (Å²) in [6, 6.07) is 10.1. The molecule has 2 aromatic rings. The molecular weight excluding hydrogens is 328 g/mol. The van der Waals surface area contributed by atoms with Gasteiger partial charge in [-0.2, -0.15) is 0 Å². The molecule has 5 heteroatoms. The van der Waals surface area contributed by atoms with Crippen molar-refractivity contribution in [1.29, 1.82) is 0 Å². The van der Waals surface area contributed by atoms with Crippen LogP contribution in [0.2, 0.25) is 0 Å². The SMILES string of the molecule is Brc1nc(Sc2ccccc2)[nH]c1Br. The summed E-state index contributed by atoms with van der Waals surface area (Å²) in [5.74, 6) is 0. The number of nitrogens with one attached hydrogen (secondary N) is 1. The van der Waals surface area contributed by atoms with E-state index in [2.05, 4.69) is 54.0 Å². The number of hydrogen-bond acceptors (Lipinski definition) is 2. The summed E-state index contributed by atoms with van der Waals surface area (Å²) in [4.78, 5) is 8.56. The van der Waals surface area contributed by atoms with Gasteiger partial charge in [-0.25, -0.2) is 4.98 Å². The molecule has 1 aromatic carbocycles. The lowest BCUT2D eigenvalue weighted by molar-refractivity contribution is 1.04. The highest BCUT2D eigenvalue weighted by Crippen LogP contribution is 2.29. The predicted molar refractivity (Wildman–Crippen MR) is 64.6 cm³/mol. The lowest BCUT2D eigenvalue weighted by atomic mass is 10.4. The number of nitrogens with zero attached hydrogens (tertiary/aromatic N) is 1. The molecular formula is C9H6Br2N2S. The van der Waals surface area contributed by atoms with Gasteiger partial charge in [-0.05, 0) is 44.0 Å². The van der Waals surface area contributed by atoms with Gasteiger partial charge < -0.3 is 4.98 Å². The molecule has 14 heavy (non-hydrogen) atoms. The molecule has 0 radical (unpaired) electrons. The second-order valence-corrected chi connectivity index (χ2v) is 5.17. The molecule has 72 valence electrons. The number of H-pyrrole nitrogens is 1. The van der Waals surface area contributed by atoms with Crippen LogP contribution < -0.4 is 0 Å². The van der Waals surface area contributed by atoms with E-state index in [4.69, 9.17) is 0 Å². The van der Waals surface area contributed by atoms with Gasteiger partial charge in [0.15, 0.2) is 5.16 Å². The first-order valence-corrected chi connectivity index (χ1v) is 6.30. The van der Waals surface area contributed by atoms with Crippen LogP contribution in [0.15, 0.2) is 49.6 Å². The molecule has 0 bridgehead atoms. The zero-order chi connectivity index (χ0) is 9.97. The maximum atomic E-state index is 4.28. The zero-order valence-electron chi connectivity index (χ0n) is 7.00. The first kappa shape index (κ1) is 10.3. The topological polar surface area (TPSA) is 28.7 Å². The van der Waals surface area contributed by atoms with Crippen molar-refractivity contribution in [3.05, 3.63) is 39.5 Å². The van der Waals surface area contributed by atoms with Gasteiger partial charge in [0.05, 0.1) is 0 Å². The smallest absolute Gasteiger partial charge is 0.172 e. The number of rotatable bonds is 2. The number of benzene rings is 1. The van der Waals surface area contributed by atoms with E-state index in [0.29, 0.717) is 0 Å². The average Bonchev–Trinajstić information content (AvgIpc) is 2.47. The van der Waals surface area contributed by atoms with Crippen LogP contribution in [0, 0.1) is 0 Å². The van der Waals surface area contributed by atoms with Gasteiger partial charge in [0.25, 0.3) is 0 Å². The fourth-order valence-electron chi connectivity index (χ4n) is 0.960. The predicted octanol–water partition coefficient (Wildman–Crippen LogP) is 4.09. The van der Waals surface area contributed by atoms with Crippen LogP contribution in [0.3, 0.4) is 0 Å². The molecule has 0 spiro atoms. The van der Waals surface area contributed by atoms with Gasteiger partial charge in [-0.15, -0.1) is 0 Å². The fraction of sp³-hybridized carbons (Fsp3) is 0. The van der Waals surface area contributed by atoms with Gasteiger partial charge >= 0.3 is 0 Å². The maximum absolute atomic E-state index is 4.28. The van der Waals surface area contributed by atoms with E-state index >= 15 is 0 Å². The molecule has 2 nitrogen and oxygen atoms in total. The molecule has 0 aliphatic rings. The van der Waals surface area contributed by atoms with E-state index in [9.17, 15) is 0 Å². The minimum atomic E-state index is 0.802. The van der Waals surface area contributed by atoms with E-state index in [0.717, 1.165) is 14.4 Å². The average molecular weight is 334 g/mol. The van der Waals surface area contributed by atoms with Crippen molar-refractivity contribution >= 4 is 43.6 Å². The van der Waals surface area contributed by atoms with Crippen LogP contribution in [0.5, 0.6) is 0 Å². The van der Waals surface area contributed by atoms with Crippen LogP contribution >= 0.6 is 43.6 Å². The van der Waals surface area contributed by atoms with Gasteiger partial charge in [-0.1, -0.05) is 30.0 Å².